The molecule has 33 atom stereocenters. The predicted octanol–water partition coefficient (Wildman–Crippen LogP) is 7.09. The van der Waals surface area contributed by atoms with Crippen LogP contribution in [-0.4, -0.2) is 256 Å². The Morgan fingerprint density at radius 2 is 0.774 bits per heavy atom. The van der Waals surface area contributed by atoms with E-state index in [4.69, 9.17) is 79.7 Å². The van der Waals surface area contributed by atoms with Crippen LogP contribution in [0.25, 0.3) is 20.9 Å². The van der Waals surface area contributed by atoms with Gasteiger partial charge in [-0.2, -0.15) is 0 Å². The summed E-state index contributed by atoms with van der Waals surface area (Å²) < 4.78 is 71.3. The molecule has 93 heavy (non-hydrogen) atoms. The number of alkyl halides is 1. The van der Waals surface area contributed by atoms with Crippen LogP contribution in [0.4, 0.5) is 4.39 Å². The van der Waals surface area contributed by atoms with Crippen molar-refractivity contribution in [1.82, 2.24) is 0 Å². The minimum absolute atomic E-state index is 0.0000463. The summed E-state index contributed by atoms with van der Waals surface area (Å²) in [5.74, 6) is 0. The van der Waals surface area contributed by atoms with Crippen molar-refractivity contribution in [1.29, 1.82) is 0 Å². The number of methoxy groups -OCH3 is 2. The number of halogens is 1. The first-order valence-corrected chi connectivity index (χ1v) is 34.5. The highest BCUT2D eigenvalue weighted by Crippen LogP contribution is 2.30. The minimum Gasteiger partial charge on any atom is -0.390 e. The predicted molar refractivity (Wildman–Crippen MR) is 352 cm³/mol. The molecule has 9 aliphatic heterocycles. The van der Waals surface area contributed by atoms with E-state index < -0.39 is 61.0 Å². The standard InChI is InChI=1S/2C8H16O3.C7H13FO2.C7H13N3O2.C7H13N3O.C7H15NO2.C7H15NO.C7H14O3.C7H14O2/c1-4-6-7(9)8(10-3)5(2)11-6;1-4-6-8(10-3)7(9)5(2)11-6;1-3-5-7(9)6(8)4(2)10-5;1-3-5-7(11)6(9-10-8)4(2)12-5;1-3-7-6(9-10-8)4-5(2)11-7;1-3-5-7(9)6(8)4(2)10-5;1-3-7-6(8)4-5(2)9-7;1-3-5-7(9)6(8)4(2)10-5;1-3-7-6(8)4-5(2)9-7/h2*5-9H,4H2,1-3H3;4-7,9H,3H2,1-2H3;4-7,11H,3H2,1-2H3;5-7H,3-4H2,1-2H3;4-7,9H,3,8H2,1-2H3;5-7H,3-4,8H2,1-2H3;4-9H,3H2,1-2H3;5-8H,3-4H2,1-2H3/t5-,6+,7?,8+;5-,6+,7+,8?;2*4-,5+,6+,7?;5-,6?,7+;4-,5+,6+,7?;5-,6?,7+;4-,5+,6+,7?;5-,6?,7+/m000000000/s1. The molecule has 9 fully saturated rings. The smallest absolute Gasteiger partial charge is 0.154 e. The summed E-state index contributed by atoms with van der Waals surface area (Å²) in [6.07, 6.45) is 4.04. The van der Waals surface area contributed by atoms with Crippen molar-refractivity contribution in [3.8, 4) is 0 Å². The number of aliphatic hydroxyl groups is 8. The lowest BCUT2D eigenvalue weighted by Gasteiger charge is -2.16. The summed E-state index contributed by atoms with van der Waals surface area (Å²) >= 11 is 0. The molecule has 0 amide bonds. The lowest BCUT2D eigenvalue weighted by atomic mass is 10.1. The summed E-state index contributed by atoms with van der Waals surface area (Å²) in [4.78, 5) is 5.47. The monoisotopic (exact) mass is 1340 g/mol. The molecule has 0 aromatic carbocycles. The van der Waals surface area contributed by atoms with Crippen LogP contribution < -0.4 is 11.5 Å². The maximum atomic E-state index is 12.8. The summed E-state index contributed by atoms with van der Waals surface area (Å²) in [5, 5.41) is 82.0. The van der Waals surface area contributed by atoms with Gasteiger partial charge in [-0.15, -0.1) is 0 Å². The zero-order valence-corrected chi connectivity index (χ0v) is 59.8. The number of nitrogens with two attached hydrogens (primary N) is 2. The highest BCUT2D eigenvalue weighted by atomic mass is 19.1. The van der Waals surface area contributed by atoms with E-state index in [-0.39, 0.29) is 128 Å². The second-order valence-electron chi connectivity index (χ2n) is 25.7. The Morgan fingerprint density at radius 1 is 0.387 bits per heavy atom. The Morgan fingerprint density at radius 3 is 1.08 bits per heavy atom. The zero-order chi connectivity index (χ0) is 71.1. The van der Waals surface area contributed by atoms with Gasteiger partial charge >= 0.3 is 0 Å². The molecule has 9 aliphatic rings. The molecule has 550 valence electrons. The van der Waals surface area contributed by atoms with E-state index in [0.29, 0.717) is 18.6 Å². The van der Waals surface area contributed by atoms with Crippen molar-refractivity contribution in [2.45, 2.75) is 403 Å². The Bertz CT molecular complexity index is 1960. The fourth-order valence-electron chi connectivity index (χ4n) is 12.6. The van der Waals surface area contributed by atoms with Gasteiger partial charge in [0, 0.05) is 36.5 Å². The fourth-order valence-corrected chi connectivity index (χ4v) is 12.6. The van der Waals surface area contributed by atoms with Gasteiger partial charge < -0.3 is 104 Å². The van der Waals surface area contributed by atoms with Gasteiger partial charge in [0.1, 0.15) is 42.7 Å². The molecule has 9 heterocycles. The molecule has 0 radical (unpaired) electrons. The molecule has 9 unspecified atom stereocenters. The minimum atomic E-state index is -1.20. The van der Waals surface area contributed by atoms with Gasteiger partial charge in [-0.1, -0.05) is 72.5 Å². The number of hydrogen-bond donors (Lipinski definition) is 10. The summed E-state index contributed by atoms with van der Waals surface area (Å²) in [6.45, 7) is 34.9. The second-order valence-corrected chi connectivity index (χ2v) is 25.7. The summed E-state index contributed by atoms with van der Waals surface area (Å²) in [7, 11) is 3.21. The van der Waals surface area contributed by atoms with Gasteiger partial charge in [-0.3, -0.25) is 0 Å². The maximum absolute atomic E-state index is 12.8. The number of hydrogen-bond acceptors (Lipinski definition) is 23. The van der Waals surface area contributed by atoms with Gasteiger partial charge in [0.2, 0.25) is 0 Å². The molecular formula is C65H129FN8O19. The molecule has 9 rings (SSSR count). The van der Waals surface area contributed by atoms with Gasteiger partial charge in [0.15, 0.2) is 6.17 Å². The van der Waals surface area contributed by atoms with Crippen molar-refractivity contribution in [2.24, 2.45) is 21.7 Å². The summed E-state index contributed by atoms with van der Waals surface area (Å²) in [5.41, 5.74) is 27.8. The van der Waals surface area contributed by atoms with E-state index >= 15 is 0 Å². The van der Waals surface area contributed by atoms with Crippen LogP contribution in [0.15, 0.2) is 10.2 Å². The van der Waals surface area contributed by atoms with Crippen molar-refractivity contribution in [3.05, 3.63) is 20.9 Å². The van der Waals surface area contributed by atoms with Gasteiger partial charge in [0.25, 0.3) is 0 Å². The highest BCUT2D eigenvalue weighted by molar-refractivity contribution is 4.95. The fraction of sp³-hybridized carbons (Fsp3) is 1.00. The molecule has 9 saturated heterocycles. The largest absolute Gasteiger partial charge is 0.390 e. The number of azide groups is 2. The molecule has 0 saturated carbocycles. The first kappa shape index (κ1) is 88.7. The lowest BCUT2D eigenvalue weighted by molar-refractivity contribution is -0.0116. The summed E-state index contributed by atoms with van der Waals surface area (Å²) in [6, 6.07) is -0.296. The molecule has 12 N–H and O–H groups in total. The maximum Gasteiger partial charge on any atom is 0.154 e. The molecule has 0 bridgehead atoms. The van der Waals surface area contributed by atoms with E-state index in [9.17, 15) is 40.1 Å². The van der Waals surface area contributed by atoms with Crippen molar-refractivity contribution in [3.63, 3.8) is 0 Å². The van der Waals surface area contributed by atoms with Crippen LogP contribution >= 0.6 is 0 Å². The van der Waals surface area contributed by atoms with Crippen molar-refractivity contribution in [2.75, 3.05) is 14.2 Å². The van der Waals surface area contributed by atoms with Crippen LogP contribution in [0.2, 0.25) is 0 Å². The first-order valence-electron chi connectivity index (χ1n) is 34.5. The second kappa shape index (κ2) is 46.1. The Kier molecular flexibility index (Phi) is 44.0. The van der Waals surface area contributed by atoms with Gasteiger partial charge in [0.05, 0.1) is 146 Å². The third-order valence-electron chi connectivity index (χ3n) is 18.5. The third-order valence-corrected chi connectivity index (χ3v) is 18.5. The topological polar surface area (TPSA) is 413 Å². The van der Waals surface area contributed by atoms with E-state index in [1.807, 2.05) is 90.0 Å². The Balaban J connectivity index is 0.000000524. The van der Waals surface area contributed by atoms with Crippen LogP contribution in [0.5, 0.6) is 0 Å². The normalized spacial score (nSPS) is 44.1. The molecule has 28 heteroatoms. The van der Waals surface area contributed by atoms with E-state index in [1.165, 1.54) is 0 Å². The van der Waals surface area contributed by atoms with Crippen LogP contribution in [0, 0.1) is 0 Å². The average molecular weight is 1350 g/mol. The quantitative estimate of drug-likeness (QED) is 0.0499. The van der Waals surface area contributed by atoms with Crippen molar-refractivity contribution < 1.29 is 97.3 Å². The van der Waals surface area contributed by atoms with Crippen LogP contribution in [0.3, 0.4) is 0 Å². The van der Waals surface area contributed by atoms with E-state index in [2.05, 4.69) is 33.9 Å². The van der Waals surface area contributed by atoms with Crippen LogP contribution in [0.1, 0.15) is 202 Å². The van der Waals surface area contributed by atoms with E-state index in [1.54, 1.807) is 35.0 Å². The van der Waals surface area contributed by atoms with E-state index in [0.717, 1.165) is 70.6 Å². The molecule has 0 aromatic heterocycles. The van der Waals surface area contributed by atoms with Crippen molar-refractivity contribution >= 4 is 0 Å². The average Bonchev–Trinajstić information content (AvgIpc) is 2.06. The highest BCUT2D eigenvalue weighted by Gasteiger charge is 2.44. The van der Waals surface area contributed by atoms with Crippen LogP contribution in [-0.2, 0) is 52.1 Å². The van der Waals surface area contributed by atoms with Gasteiger partial charge in [-0.25, -0.2) is 4.39 Å². The lowest BCUT2D eigenvalue weighted by Crippen LogP contribution is -2.39. The number of rotatable bonds is 13. The van der Waals surface area contributed by atoms with Gasteiger partial charge in [-0.05, 0) is 144 Å². The molecule has 0 aromatic rings. The Hall–Kier alpha value is -2.29. The number of ether oxygens (including phenoxy) is 11. The molecular weight excluding hydrogens is 1220 g/mol. The molecule has 0 spiro atoms. The molecule has 0 aliphatic carbocycles. The SMILES string of the molecule is CC[C@H]1O[C@@H](C)CC1N.CC[C@H]1O[C@@H](C)CC1N=[N+]=[N-].CC[C@H]1O[C@@H](C)CC1O.CC[C@H]1O[C@@H](C)[C@@H](F)C1O.CC[C@H]1O[C@@H](C)[C@@H](N)C1O.CC[C@H]1O[C@@H](C)[C@@H](N=[N+]=[N-])C1O.CC[C@H]1O[C@@H](C)[C@@H](O)C1O.CC[C@H]1O[C@@H](C)[C@@H](O)C1OC.CC[C@H]1O[C@@H](C)[C@@H](OC)C1O. The third kappa shape index (κ3) is 27.7. The number of aliphatic hydroxyl groups excluding tert-OH is 8. The Labute approximate surface area is 555 Å². The first-order chi connectivity index (χ1) is 43.8. The molecule has 27 nitrogen and oxygen atoms in total. The zero-order valence-electron chi connectivity index (χ0n) is 59.8. The number of nitrogens with zero attached hydrogens (tertiary/aromatic N) is 6.